The van der Waals surface area contributed by atoms with Gasteiger partial charge in [-0.3, -0.25) is 4.98 Å². The summed E-state index contributed by atoms with van der Waals surface area (Å²) in [5.74, 6) is 1.47. The Bertz CT molecular complexity index is 1070. The zero-order valence-corrected chi connectivity index (χ0v) is 19.2. The van der Waals surface area contributed by atoms with E-state index in [0.29, 0.717) is 66.7 Å². The van der Waals surface area contributed by atoms with Gasteiger partial charge in [-0.2, -0.15) is 0 Å². The largest absolute Gasteiger partial charge is 0.490 e. The van der Waals surface area contributed by atoms with Crippen molar-refractivity contribution in [2.45, 2.75) is 32.3 Å². The number of carboxylic acid groups (broad SMARTS) is 1. The number of hydrogen-bond acceptors (Lipinski definition) is 8. The number of rotatable bonds is 8. The van der Waals surface area contributed by atoms with Crippen LogP contribution in [0, 0.1) is 6.92 Å². The lowest BCUT2D eigenvalue weighted by molar-refractivity contribution is 0.0878. The van der Waals surface area contributed by atoms with Crippen LogP contribution < -0.4 is 14.8 Å². The van der Waals surface area contributed by atoms with Crippen LogP contribution in [0.25, 0.3) is 0 Å². The van der Waals surface area contributed by atoms with Crippen LogP contribution in [-0.4, -0.2) is 72.8 Å². The molecule has 0 unspecified atom stereocenters. The maximum atomic E-state index is 11.4. The third kappa shape index (κ3) is 6.22. The van der Waals surface area contributed by atoms with Crippen molar-refractivity contribution in [2.75, 3.05) is 37.5 Å². The standard InChI is InChI=1S/C21H28N4O6S/c1-14-17(5-4-15(23-14)9-13-32(3,28)29)24-20-19(30-2)18(6-10-22-20)31-16-7-11-25(12-8-16)21(26)27/h4-6,10,16H,7-9,11-13H2,1-3H3,(H,22,24)(H,26,27). The predicted molar refractivity (Wildman–Crippen MR) is 120 cm³/mol. The highest BCUT2D eigenvalue weighted by atomic mass is 32.2. The Morgan fingerprint density at radius 3 is 2.59 bits per heavy atom. The van der Waals surface area contributed by atoms with E-state index >= 15 is 0 Å². The van der Waals surface area contributed by atoms with Crippen LogP contribution in [0.3, 0.4) is 0 Å². The van der Waals surface area contributed by atoms with Gasteiger partial charge in [0.1, 0.15) is 15.9 Å². The van der Waals surface area contributed by atoms with Gasteiger partial charge in [0, 0.05) is 56.6 Å². The first-order valence-electron chi connectivity index (χ1n) is 10.2. The third-order valence-electron chi connectivity index (χ3n) is 5.20. The van der Waals surface area contributed by atoms with Gasteiger partial charge in [-0.1, -0.05) is 0 Å². The van der Waals surface area contributed by atoms with Gasteiger partial charge in [-0.25, -0.2) is 18.2 Å². The third-order valence-corrected chi connectivity index (χ3v) is 6.15. The Balaban J connectivity index is 1.72. The second-order valence-electron chi connectivity index (χ2n) is 7.72. The zero-order chi connectivity index (χ0) is 23.3. The van der Waals surface area contributed by atoms with Gasteiger partial charge < -0.3 is 24.8 Å². The van der Waals surface area contributed by atoms with Gasteiger partial charge in [0.05, 0.1) is 24.2 Å². The van der Waals surface area contributed by atoms with E-state index in [-0.39, 0.29) is 11.9 Å². The van der Waals surface area contributed by atoms with Gasteiger partial charge >= 0.3 is 6.09 Å². The predicted octanol–water partition coefficient (Wildman–Crippen LogP) is 2.65. The van der Waals surface area contributed by atoms with Crippen molar-refractivity contribution in [3.8, 4) is 11.5 Å². The van der Waals surface area contributed by atoms with Gasteiger partial charge in [0.2, 0.25) is 5.75 Å². The second-order valence-corrected chi connectivity index (χ2v) is 9.98. The topological polar surface area (TPSA) is 131 Å². The summed E-state index contributed by atoms with van der Waals surface area (Å²) in [4.78, 5) is 21.3. The number of ether oxygens (including phenoxy) is 2. The lowest BCUT2D eigenvalue weighted by Crippen LogP contribution is -2.41. The molecule has 1 saturated heterocycles. The fourth-order valence-corrected chi connectivity index (χ4v) is 4.04. The molecule has 0 spiro atoms. The molecule has 11 heteroatoms. The van der Waals surface area contributed by atoms with Crippen LogP contribution in [-0.2, 0) is 16.3 Å². The molecule has 0 radical (unpaired) electrons. The van der Waals surface area contributed by atoms with Gasteiger partial charge in [-0.15, -0.1) is 0 Å². The molecule has 1 aliphatic heterocycles. The first-order valence-corrected chi connectivity index (χ1v) is 12.3. The minimum absolute atomic E-state index is 0.0480. The second kappa shape index (κ2) is 10.0. The minimum Gasteiger partial charge on any atom is -0.490 e. The number of carbonyl (C=O) groups is 1. The van der Waals surface area contributed by atoms with Crippen LogP contribution >= 0.6 is 0 Å². The summed E-state index contributed by atoms with van der Waals surface area (Å²) in [5, 5.41) is 12.3. The average Bonchev–Trinajstić information content (AvgIpc) is 2.74. The van der Waals surface area contributed by atoms with Crippen molar-refractivity contribution < 1.29 is 27.8 Å². The smallest absolute Gasteiger partial charge is 0.407 e. The summed E-state index contributed by atoms with van der Waals surface area (Å²) in [5.41, 5.74) is 2.11. The Hall–Kier alpha value is -3.08. The van der Waals surface area contributed by atoms with Gasteiger partial charge in [-0.05, 0) is 19.1 Å². The molecule has 0 aliphatic carbocycles. The molecule has 1 fully saturated rings. The molecule has 174 valence electrons. The number of aryl methyl sites for hydroxylation is 2. The number of sulfone groups is 1. The summed E-state index contributed by atoms with van der Waals surface area (Å²) < 4.78 is 34.4. The molecular formula is C21H28N4O6S. The van der Waals surface area contributed by atoms with E-state index in [1.54, 1.807) is 18.3 Å². The monoisotopic (exact) mass is 464 g/mol. The van der Waals surface area contributed by atoms with Crippen LogP contribution in [0.1, 0.15) is 24.2 Å². The summed E-state index contributed by atoms with van der Waals surface area (Å²) in [6.45, 7) is 2.68. The number of anilines is 2. The van der Waals surface area contributed by atoms with Crippen LogP contribution in [0.5, 0.6) is 11.5 Å². The number of hydrogen-bond donors (Lipinski definition) is 2. The van der Waals surface area contributed by atoms with Crippen molar-refractivity contribution in [1.29, 1.82) is 0 Å². The zero-order valence-electron chi connectivity index (χ0n) is 18.4. The highest BCUT2D eigenvalue weighted by Gasteiger charge is 2.25. The highest BCUT2D eigenvalue weighted by Crippen LogP contribution is 2.36. The van der Waals surface area contributed by atoms with Crippen molar-refractivity contribution in [3.05, 3.63) is 35.8 Å². The van der Waals surface area contributed by atoms with Crippen molar-refractivity contribution in [1.82, 2.24) is 14.9 Å². The Labute approximate surface area is 187 Å². The minimum atomic E-state index is -3.06. The lowest BCUT2D eigenvalue weighted by atomic mass is 10.1. The summed E-state index contributed by atoms with van der Waals surface area (Å²) in [7, 11) is -1.53. The van der Waals surface area contributed by atoms with E-state index in [2.05, 4.69) is 15.3 Å². The number of piperidine rings is 1. The van der Waals surface area contributed by atoms with Crippen LogP contribution in [0.4, 0.5) is 16.3 Å². The fourth-order valence-electron chi connectivity index (χ4n) is 3.46. The molecule has 0 atom stereocenters. The van der Waals surface area contributed by atoms with Crippen molar-refractivity contribution in [2.24, 2.45) is 0 Å². The Morgan fingerprint density at radius 1 is 1.28 bits per heavy atom. The molecule has 1 amide bonds. The Morgan fingerprint density at radius 2 is 2.00 bits per heavy atom. The molecule has 10 nitrogen and oxygen atoms in total. The van der Waals surface area contributed by atoms with E-state index < -0.39 is 15.9 Å². The van der Waals surface area contributed by atoms with E-state index in [4.69, 9.17) is 14.6 Å². The normalized spacial score (nSPS) is 14.8. The first kappa shape index (κ1) is 23.6. The molecule has 2 aromatic rings. The molecular weight excluding hydrogens is 436 g/mol. The molecule has 0 saturated carbocycles. The molecule has 32 heavy (non-hydrogen) atoms. The number of likely N-dealkylation sites (tertiary alicyclic amines) is 1. The van der Waals surface area contributed by atoms with E-state index in [9.17, 15) is 13.2 Å². The molecule has 0 bridgehead atoms. The van der Waals surface area contributed by atoms with Gasteiger partial charge in [0.15, 0.2) is 11.6 Å². The lowest BCUT2D eigenvalue weighted by Gasteiger charge is -2.30. The van der Waals surface area contributed by atoms with E-state index in [0.717, 1.165) is 0 Å². The number of nitrogens with zero attached hydrogens (tertiary/aromatic N) is 3. The molecule has 2 aromatic heterocycles. The van der Waals surface area contributed by atoms with Crippen molar-refractivity contribution >= 4 is 27.4 Å². The quantitative estimate of drug-likeness (QED) is 0.605. The maximum absolute atomic E-state index is 11.4. The molecule has 1 aliphatic rings. The highest BCUT2D eigenvalue weighted by molar-refractivity contribution is 7.90. The number of methoxy groups -OCH3 is 1. The Kier molecular flexibility index (Phi) is 7.39. The van der Waals surface area contributed by atoms with Crippen molar-refractivity contribution in [3.63, 3.8) is 0 Å². The molecule has 3 heterocycles. The molecule has 3 rings (SSSR count). The summed E-state index contributed by atoms with van der Waals surface area (Å²) in [6.07, 6.45) is 3.33. The van der Waals surface area contributed by atoms with Crippen LogP contribution in [0.2, 0.25) is 0 Å². The number of aromatic nitrogens is 2. The number of amides is 1. The summed E-state index contributed by atoms with van der Waals surface area (Å²) in [6, 6.07) is 5.33. The van der Waals surface area contributed by atoms with Gasteiger partial charge in [0.25, 0.3) is 0 Å². The first-order chi connectivity index (χ1) is 15.2. The number of nitrogens with one attached hydrogen (secondary N) is 1. The fraction of sp³-hybridized carbons (Fsp3) is 0.476. The summed E-state index contributed by atoms with van der Waals surface area (Å²) >= 11 is 0. The average molecular weight is 465 g/mol. The van der Waals surface area contributed by atoms with Crippen LogP contribution in [0.15, 0.2) is 24.4 Å². The SMILES string of the molecule is COc1c(OC2CCN(C(=O)O)CC2)ccnc1Nc1ccc(CCS(C)(=O)=O)nc1C. The maximum Gasteiger partial charge on any atom is 0.407 e. The molecule has 2 N–H and O–H groups in total. The number of pyridine rings is 2. The van der Waals surface area contributed by atoms with E-state index in [1.165, 1.54) is 18.3 Å². The molecule has 0 aromatic carbocycles. The van der Waals surface area contributed by atoms with E-state index in [1.807, 2.05) is 13.0 Å².